The van der Waals surface area contributed by atoms with E-state index < -0.39 is 24.0 Å². The van der Waals surface area contributed by atoms with Gasteiger partial charge in [-0.3, -0.25) is 14.5 Å². The average molecular weight is 422 g/mol. The maximum absolute atomic E-state index is 14.7. The van der Waals surface area contributed by atoms with Gasteiger partial charge in [0.15, 0.2) is 5.01 Å². The highest BCUT2D eigenvalue weighted by molar-refractivity contribution is 7.14. The van der Waals surface area contributed by atoms with Crippen molar-refractivity contribution >= 4 is 35.0 Å². The van der Waals surface area contributed by atoms with Crippen LogP contribution in [0, 0.1) is 5.82 Å². The molecule has 2 aromatic rings. The van der Waals surface area contributed by atoms with Crippen LogP contribution in [0.3, 0.4) is 0 Å². The van der Waals surface area contributed by atoms with Gasteiger partial charge >= 0.3 is 12.1 Å². The molecule has 11 heteroatoms. The highest BCUT2D eigenvalue weighted by atomic mass is 32.1. The number of hydrogen-bond acceptors (Lipinski definition) is 8. The predicted molar refractivity (Wildman–Crippen MR) is 102 cm³/mol. The van der Waals surface area contributed by atoms with Gasteiger partial charge in [-0.1, -0.05) is 11.3 Å². The third kappa shape index (κ3) is 5.05. The van der Waals surface area contributed by atoms with Crippen molar-refractivity contribution < 1.29 is 28.2 Å². The van der Waals surface area contributed by atoms with E-state index in [1.54, 1.807) is 13.0 Å². The molecule has 29 heavy (non-hydrogen) atoms. The minimum absolute atomic E-state index is 0.0273. The second kappa shape index (κ2) is 8.95. The Morgan fingerprint density at radius 2 is 2.21 bits per heavy atom. The zero-order valence-corrected chi connectivity index (χ0v) is 16.6. The number of esters is 1. The first-order valence-corrected chi connectivity index (χ1v) is 9.69. The second-order valence-corrected chi connectivity index (χ2v) is 7.26. The number of amides is 2. The van der Waals surface area contributed by atoms with Gasteiger partial charge in [0.1, 0.15) is 16.9 Å². The van der Waals surface area contributed by atoms with Crippen LogP contribution in [-0.4, -0.2) is 54.0 Å². The van der Waals surface area contributed by atoms with Crippen molar-refractivity contribution in [3.8, 4) is 10.6 Å². The zero-order valence-electron chi connectivity index (χ0n) is 15.8. The molecule has 1 aromatic heterocycles. The van der Waals surface area contributed by atoms with Crippen molar-refractivity contribution in [1.82, 2.24) is 15.5 Å². The van der Waals surface area contributed by atoms with Crippen LogP contribution in [0.5, 0.6) is 0 Å². The summed E-state index contributed by atoms with van der Waals surface area (Å²) in [5.74, 6) is -1.24. The number of nitrogens with zero attached hydrogens (tertiary/aromatic N) is 3. The summed E-state index contributed by atoms with van der Waals surface area (Å²) in [6.45, 7) is 3.73. The lowest BCUT2D eigenvalue weighted by atomic mass is 10.2. The number of aromatic nitrogens is 2. The highest BCUT2D eigenvalue weighted by Gasteiger charge is 2.32. The molecule has 1 aromatic carbocycles. The Bertz CT molecular complexity index is 935. The molecule has 2 heterocycles. The van der Waals surface area contributed by atoms with E-state index in [2.05, 4.69) is 15.5 Å². The first-order chi connectivity index (χ1) is 13.9. The first kappa shape index (κ1) is 20.6. The van der Waals surface area contributed by atoms with Gasteiger partial charge in [0.05, 0.1) is 31.8 Å². The zero-order chi connectivity index (χ0) is 21.0. The van der Waals surface area contributed by atoms with E-state index in [0.717, 1.165) is 11.3 Å². The number of halogens is 1. The third-order valence-corrected chi connectivity index (χ3v) is 4.97. The van der Waals surface area contributed by atoms with Crippen LogP contribution in [0.2, 0.25) is 0 Å². The van der Waals surface area contributed by atoms with Gasteiger partial charge in [-0.15, -0.1) is 10.2 Å². The Hall–Kier alpha value is -3.08. The number of benzene rings is 1. The Morgan fingerprint density at radius 3 is 2.90 bits per heavy atom. The molecule has 0 bridgehead atoms. The maximum atomic E-state index is 14.7. The fraction of sp³-hybridized carbons (Fsp3) is 0.389. The first-order valence-electron chi connectivity index (χ1n) is 8.88. The van der Waals surface area contributed by atoms with Gasteiger partial charge in [0.2, 0.25) is 5.91 Å². The van der Waals surface area contributed by atoms with Crippen LogP contribution < -0.4 is 10.2 Å². The summed E-state index contributed by atoms with van der Waals surface area (Å²) in [6, 6.07) is 4.28. The van der Waals surface area contributed by atoms with E-state index >= 15 is 0 Å². The fourth-order valence-electron chi connectivity index (χ4n) is 2.71. The number of ether oxygens (including phenoxy) is 2. The lowest BCUT2D eigenvalue weighted by molar-refractivity contribution is -0.142. The molecule has 1 unspecified atom stereocenters. The van der Waals surface area contributed by atoms with Gasteiger partial charge in [-0.2, -0.15) is 0 Å². The molecule has 1 N–H and O–H groups in total. The number of carbonyl (C=O) groups is 3. The third-order valence-electron chi connectivity index (χ3n) is 4.02. The van der Waals surface area contributed by atoms with Crippen LogP contribution in [0.25, 0.3) is 10.6 Å². The van der Waals surface area contributed by atoms with Gasteiger partial charge in [0.25, 0.3) is 0 Å². The molecular formula is C18H19FN4O5S. The lowest BCUT2D eigenvalue weighted by Gasteiger charge is -2.14. The molecule has 1 aliphatic heterocycles. The molecule has 2 amide bonds. The number of anilines is 1. The number of hydrogen-bond donors (Lipinski definition) is 1. The van der Waals surface area contributed by atoms with E-state index in [1.165, 1.54) is 24.0 Å². The highest BCUT2D eigenvalue weighted by Crippen LogP contribution is 2.30. The average Bonchev–Trinajstić information content (AvgIpc) is 3.26. The van der Waals surface area contributed by atoms with Gasteiger partial charge in [-0.05, 0) is 25.1 Å². The van der Waals surface area contributed by atoms with Crippen molar-refractivity contribution in [2.24, 2.45) is 0 Å². The van der Waals surface area contributed by atoms with Gasteiger partial charge in [0, 0.05) is 12.5 Å². The Kier molecular flexibility index (Phi) is 6.37. The van der Waals surface area contributed by atoms with Crippen LogP contribution in [0.1, 0.15) is 18.9 Å². The van der Waals surface area contributed by atoms with Crippen molar-refractivity contribution in [2.45, 2.75) is 26.4 Å². The van der Waals surface area contributed by atoms with E-state index in [9.17, 15) is 18.8 Å². The molecule has 1 aliphatic rings. The fourth-order valence-corrected chi connectivity index (χ4v) is 3.56. The maximum Gasteiger partial charge on any atom is 0.414 e. The topological polar surface area (TPSA) is 111 Å². The number of carbonyl (C=O) groups excluding carboxylic acids is 3. The molecule has 0 radical (unpaired) electrons. The minimum Gasteiger partial charge on any atom is -0.466 e. The molecular weight excluding hydrogens is 403 g/mol. The molecule has 0 saturated carbocycles. The summed E-state index contributed by atoms with van der Waals surface area (Å²) >= 11 is 1.09. The normalized spacial score (nSPS) is 15.9. The van der Waals surface area contributed by atoms with Gasteiger partial charge < -0.3 is 14.8 Å². The summed E-state index contributed by atoms with van der Waals surface area (Å²) in [4.78, 5) is 35.9. The SMILES string of the molecule is CCOC(=O)Cc1nnc(-c2ccc(N3CC(CNC(C)=O)OC3=O)cc2F)s1. The molecule has 154 valence electrons. The summed E-state index contributed by atoms with van der Waals surface area (Å²) in [7, 11) is 0. The monoisotopic (exact) mass is 422 g/mol. The summed E-state index contributed by atoms with van der Waals surface area (Å²) in [5, 5.41) is 11.1. The summed E-state index contributed by atoms with van der Waals surface area (Å²) in [5.41, 5.74) is 0.543. The van der Waals surface area contributed by atoms with Crippen LogP contribution in [0.15, 0.2) is 18.2 Å². The quantitative estimate of drug-likeness (QED) is 0.679. The molecule has 1 saturated heterocycles. The predicted octanol–water partition coefficient (Wildman–Crippen LogP) is 1.91. The lowest BCUT2D eigenvalue weighted by Crippen LogP contribution is -2.33. The van der Waals surface area contributed by atoms with Crippen molar-refractivity contribution in [3.63, 3.8) is 0 Å². The number of rotatable bonds is 7. The van der Waals surface area contributed by atoms with Gasteiger partial charge in [-0.25, -0.2) is 9.18 Å². The smallest absolute Gasteiger partial charge is 0.414 e. The van der Waals surface area contributed by atoms with E-state index in [0.29, 0.717) is 15.7 Å². The molecule has 9 nitrogen and oxygen atoms in total. The molecule has 0 aliphatic carbocycles. The molecule has 0 spiro atoms. The van der Waals surface area contributed by atoms with E-state index in [-0.39, 0.29) is 37.6 Å². The van der Waals surface area contributed by atoms with Crippen molar-refractivity contribution in [2.75, 3.05) is 24.6 Å². The minimum atomic E-state index is -0.611. The number of cyclic esters (lactones) is 1. The largest absolute Gasteiger partial charge is 0.466 e. The standard InChI is InChI=1S/C18H19FN4O5S/c1-3-27-16(25)7-15-21-22-17(29-15)13-5-4-11(6-14(13)19)23-9-12(28-18(23)26)8-20-10(2)24/h4-6,12H,3,7-9H2,1-2H3,(H,20,24). The van der Waals surface area contributed by atoms with Crippen molar-refractivity contribution in [1.29, 1.82) is 0 Å². The van der Waals surface area contributed by atoms with E-state index in [1.807, 2.05) is 0 Å². The molecule has 1 atom stereocenters. The Morgan fingerprint density at radius 1 is 1.41 bits per heavy atom. The summed E-state index contributed by atoms with van der Waals surface area (Å²) < 4.78 is 24.7. The Balaban J connectivity index is 1.71. The van der Waals surface area contributed by atoms with Crippen LogP contribution >= 0.6 is 11.3 Å². The molecule has 1 fully saturated rings. The second-order valence-electron chi connectivity index (χ2n) is 6.20. The summed E-state index contributed by atoms with van der Waals surface area (Å²) in [6.07, 6.45) is -1.15. The van der Waals surface area contributed by atoms with Crippen LogP contribution in [-0.2, 0) is 25.5 Å². The molecule has 3 rings (SSSR count). The van der Waals surface area contributed by atoms with Crippen molar-refractivity contribution in [3.05, 3.63) is 29.0 Å². The number of nitrogens with one attached hydrogen (secondary N) is 1. The van der Waals surface area contributed by atoms with Crippen LogP contribution in [0.4, 0.5) is 14.9 Å². The van der Waals surface area contributed by atoms with E-state index in [4.69, 9.17) is 9.47 Å². The Labute approximate surface area is 169 Å².